The lowest BCUT2D eigenvalue weighted by atomic mass is 9.91. The molecule has 1 atom stereocenters. The van der Waals surface area contributed by atoms with Crippen molar-refractivity contribution in [3.05, 3.63) is 48.5 Å². The van der Waals surface area contributed by atoms with Crippen LogP contribution in [-0.2, 0) is 6.54 Å². The first kappa shape index (κ1) is 14.3. The van der Waals surface area contributed by atoms with Gasteiger partial charge in [-0.3, -0.25) is 4.90 Å². The minimum Gasteiger partial charge on any atom is -0.328 e. The first-order valence-electron chi connectivity index (χ1n) is 7.77. The van der Waals surface area contributed by atoms with Crippen LogP contribution < -0.4 is 5.73 Å². The number of hydrogen-bond donors (Lipinski definition) is 1. The Labute approximate surface area is 126 Å². The molecule has 1 aliphatic heterocycles. The summed E-state index contributed by atoms with van der Waals surface area (Å²) in [4.78, 5) is 6.61. The summed E-state index contributed by atoms with van der Waals surface area (Å²) in [5.41, 5.74) is 8.53. The first-order chi connectivity index (χ1) is 10.2. The van der Waals surface area contributed by atoms with Gasteiger partial charge < -0.3 is 10.3 Å². The Balaban J connectivity index is 1.57. The van der Waals surface area contributed by atoms with Crippen molar-refractivity contribution in [1.82, 2.24) is 14.5 Å². The number of piperidine rings is 1. The Bertz CT molecular complexity index is 537. The zero-order chi connectivity index (χ0) is 14.7. The summed E-state index contributed by atoms with van der Waals surface area (Å²) in [6, 6.07) is 9.08. The molecule has 1 aliphatic rings. The average molecular weight is 284 g/mol. The average Bonchev–Trinajstić information content (AvgIpc) is 3.03. The van der Waals surface area contributed by atoms with Crippen LogP contribution in [0.5, 0.6) is 0 Å². The van der Waals surface area contributed by atoms with Gasteiger partial charge in [-0.25, -0.2) is 4.98 Å². The Hall–Kier alpha value is -1.65. The maximum absolute atomic E-state index is 6.00. The highest BCUT2D eigenvalue weighted by Gasteiger charge is 2.21. The van der Waals surface area contributed by atoms with E-state index in [1.54, 1.807) is 6.20 Å². The van der Waals surface area contributed by atoms with Crippen LogP contribution in [0.25, 0.3) is 5.69 Å². The number of rotatable bonds is 4. The van der Waals surface area contributed by atoms with Gasteiger partial charge in [0.15, 0.2) is 0 Å². The molecule has 1 unspecified atom stereocenters. The van der Waals surface area contributed by atoms with Gasteiger partial charge in [0.1, 0.15) is 0 Å². The van der Waals surface area contributed by atoms with Crippen molar-refractivity contribution in [3.63, 3.8) is 0 Å². The highest BCUT2D eigenvalue weighted by atomic mass is 15.1. The van der Waals surface area contributed by atoms with Gasteiger partial charge in [0.2, 0.25) is 0 Å². The van der Waals surface area contributed by atoms with Crippen molar-refractivity contribution in [2.75, 3.05) is 13.1 Å². The molecular weight excluding hydrogens is 260 g/mol. The second-order valence-corrected chi connectivity index (χ2v) is 6.11. The van der Waals surface area contributed by atoms with Gasteiger partial charge >= 0.3 is 0 Å². The maximum atomic E-state index is 6.00. The van der Waals surface area contributed by atoms with Gasteiger partial charge in [-0.2, -0.15) is 0 Å². The lowest BCUT2D eigenvalue weighted by Crippen LogP contribution is -2.39. The van der Waals surface area contributed by atoms with E-state index in [1.165, 1.54) is 18.4 Å². The standard InChI is InChI=1S/C17H24N4/c1-14(18)16-6-9-20(10-7-16)12-15-2-4-17(5-3-15)21-11-8-19-13-21/h2-5,8,11,13-14,16H,6-7,9-10,12,18H2,1H3. The van der Waals surface area contributed by atoms with Gasteiger partial charge in [-0.1, -0.05) is 12.1 Å². The molecule has 1 fully saturated rings. The lowest BCUT2D eigenvalue weighted by Gasteiger charge is -2.33. The minimum absolute atomic E-state index is 0.335. The fraction of sp³-hybridized carbons (Fsp3) is 0.471. The third-order valence-electron chi connectivity index (χ3n) is 4.52. The SMILES string of the molecule is CC(N)C1CCN(Cc2ccc(-n3ccnc3)cc2)CC1. The molecule has 0 amide bonds. The Kier molecular flexibility index (Phi) is 4.36. The van der Waals surface area contributed by atoms with E-state index in [2.05, 4.69) is 41.1 Å². The largest absolute Gasteiger partial charge is 0.328 e. The van der Waals surface area contributed by atoms with Crippen LogP contribution in [-0.4, -0.2) is 33.6 Å². The van der Waals surface area contributed by atoms with Crippen LogP contribution in [0, 0.1) is 5.92 Å². The van der Waals surface area contributed by atoms with Gasteiger partial charge in [0.25, 0.3) is 0 Å². The van der Waals surface area contributed by atoms with Gasteiger partial charge in [-0.15, -0.1) is 0 Å². The maximum Gasteiger partial charge on any atom is 0.0991 e. The molecule has 112 valence electrons. The number of benzene rings is 1. The number of nitrogens with two attached hydrogens (primary N) is 1. The molecule has 1 aromatic carbocycles. The van der Waals surface area contributed by atoms with E-state index < -0.39 is 0 Å². The van der Waals surface area contributed by atoms with Crippen LogP contribution in [0.4, 0.5) is 0 Å². The van der Waals surface area contributed by atoms with E-state index in [0.29, 0.717) is 12.0 Å². The van der Waals surface area contributed by atoms with Crippen molar-refractivity contribution in [3.8, 4) is 5.69 Å². The second-order valence-electron chi connectivity index (χ2n) is 6.11. The van der Waals surface area contributed by atoms with Crippen molar-refractivity contribution in [2.24, 2.45) is 11.7 Å². The van der Waals surface area contributed by atoms with Crippen molar-refractivity contribution >= 4 is 0 Å². The zero-order valence-corrected chi connectivity index (χ0v) is 12.7. The molecule has 1 saturated heterocycles. The van der Waals surface area contributed by atoms with E-state index in [1.807, 2.05) is 17.1 Å². The summed E-state index contributed by atoms with van der Waals surface area (Å²) >= 11 is 0. The third kappa shape index (κ3) is 3.52. The zero-order valence-electron chi connectivity index (χ0n) is 12.7. The summed E-state index contributed by atoms with van der Waals surface area (Å²) < 4.78 is 2.03. The quantitative estimate of drug-likeness (QED) is 0.938. The molecular formula is C17H24N4. The number of aromatic nitrogens is 2. The first-order valence-corrected chi connectivity index (χ1v) is 7.77. The summed E-state index contributed by atoms with van der Waals surface area (Å²) in [5.74, 6) is 0.699. The molecule has 4 heteroatoms. The summed E-state index contributed by atoms with van der Waals surface area (Å²) in [7, 11) is 0. The number of imidazole rings is 1. The van der Waals surface area contributed by atoms with E-state index in [4.69, 9.17) is 5.73 Å². The monoisotopic (exact) mass is 284 g/mol. The molecule has 2 N–H and O–H groups in total. The van der Waals surface area contributed by atoms with E-state index >= 15 is 0 Å². The normalized spacial score (nSPS) is 18.8. The predicted octanol–water partition coefficient (Wildman–Crippen LogP) is 2.43. The molecule has 0 radical (unpaired) electrons. The summed E-state index contributed by atoms with van der Waals surface area (Å²) in [6.07, 6.45) is 8.05. The molecule has 4 nitrogen and oxygen atoms in total. The topological polar surface area (TPSA) is 47.1 Å². The van der Waals surface area contributed by atoms with E-state index in [-0.39, 0.29) is 0 Å². The van der Waals surface area contributed by atoms with Gasteiger partial charge in [-0.05, 0) is 56.5 Å². The Morgan fingerprint density at radius 1 is 1.24 bits per heavy atom. The molecule has 2 aromatic rings. The molecule has 0 bridgehead atoms. The fourth-order valence-electron chi connectivity index (χ4n) is 3.08. The van der Waals surface area contributed by atoms with Crippen LogP contribution >= 0.6 is 0 Å². The van der Waals surface area contributed by atoms with E-state index in [9.17, 15) is 0 Å². The van der Waals surface area contributed by atoms with Crippen LogP contribution in [0.3, 0.4) is 0 Å². The molecule has 3 rings (SSSR count). The number of likely N-dealkylation sites (tertiary alicyclic amines) is 1. The Morgan fingerprint density at radius 2 is 1.95 bits per heavy atom. The van der Waals surface area contributed by atoms with Crippen LogP contribution in [0.15, 0.2) is 43.0 Å². The molecule has 0 aliphatic carbocycles. The summed E-state index contributed by atoms with van der Waals surface area (Å²) in [6.45, 7) is 5.50. The minimum atomic E-state index is 0.335. The summed E-state index contributed by atoms with van der Waals surface area (Å²) in [5, 5.41) is 0. The number of hydrogen-bond acceptors (Lipinski definition) is 3. The third-order valence-corrected chi connectivity index (χ3v) is 4.52. The predicted molar refractivity (Wildman–Crippen MR) is 85.2 cm³/mol. The van der Waals surface area contributed by atoms with Crippen LogP contribution in [0.2, 0.25) is 0 Å². The fourth-order valence-corrected chi connectivity index (χ4v) is 3.08. The molecule has 0 spiro atoms. The van der Waals surface area contributed by atoms with Gasteiger partial charge in [0, 0.05) is 30.7 Å². The second kappa shape index (κ2) is 6.41. The van der Waals surface area contributed by atoms with Crippen molar-refractivity contribution in [1.29, 1.82) is 0 Å². The van der Waals surface area contributed by atoms with Crippen molar-refractivity contribution in [2.45, 2.75) is 32.4 Å². The number of nitrogens with zero attached hydrogens (tertiary/aromatic N) is 3. The highest BCUT2D eigenvalue weighted by molar-refractivity contribution is 5.34. The smallest absolute Gasteiger partial charge is 0.0991 e. The van der Waals surface area contributed by atoms with E-state index in [0.717, 1.165) is 25.3 Å². The molecule has 0 saturated carbocycles. The Morgan fingerprint density at radius 3 is 2.52 bits per heavy atom. The highest BCUT2D eigenvalue weighted by Crippen LogP contribution is 2.21. The van der Waals surface area contributed by atoms with Crippen LogP contribution in [0.1, 0.15) is 25.3 Å². The molecule has 2 heterocycles. The molecule has 21 heavy (non-hydrogen) atoms. The van der Waals surface area contributed by atoms with Gasteiger partial charge in [0.05, 0.1) is 6.33 Å². The molecule has 1 aromatic heterocycles. The lowest BCUT2D eigenvalue weighted by molar-refractivity contribution is 0.166. The van der Waals surface area contributed by atoms with Crippen molar-refractivity contribution < 1.29 is 0 Å².